The molecule has 0 spiro atoms. The molecule has 1 aromatic carbocycles. The zero-order valence-electron chi connectivity index (χ0n) is 17.1. The van der Waals surface area contributed by atoms with Gasteiger partial charge in [0.2, 0.25) is 0 Å². The molecule has 3 rings (SSSR count). The highest BCUT2D eigenvalue weighted by molar-refractivity contribution is 7.92. The van der Waals surface area contributed by atoms with Crippen LogP contribution in [-0.4, -0.2) is 55.6 Å². The highest BCUT2D eigenvalue weighted by Gasteiger charge is 2.47. The fourth-order valence-electron chi connectivity index (χ4n) is 3.45. The van der Waals surface area contributed by atoms with Crippen molar-refractivity contribution in [3.63, 3.8) is 0 Å². The van der Waals surface area contributed by atoms with Crippen LogP contribution in [0.1, 0.15) is 43.7 Å². The maximum Gasteiger partial charge on any atom is 0.264 e. The van der Waals surface area contributed by atoms with Crippen LogP contribution in [0.4, 0.5) is 0 Å². The van der Waals surface area contributed by atoms with Gasteiger partial charge in [0, 0.05) is 43.8 Å². The van der Waals surface area contributed by atoms with Gasteiger partial charge in [0.1, 0.15) is 6.10 Å². The Kier molecular flexibility index (Phi) is 6.81. The van der Waals surface area contributed by atoms with E-state index in [-0.39, 0.29) is 6.42 Å². The predicted molar refractivity (Wildman–Crippen MR) is 111 cm³/mol. The van der Waals surface area contributed by atoms with Crippen LogP contribution in [0.2, 0.25) is 0 Å². The number of sulfone groups is 1. The maximum absolute atomic E-state index is 12.1. The lowest BCUT2D eigenvalue weighted by Gasteiger charge is -2.26. The van der Waals surface area contributed by atoms with Gasteiger partial charge < -0.3 is 9.57 Å². The van der Waals surface area contributed by atoms with Crippen molar-refractivity contribution in [2.75, 3.05) is 19.5 Å². The zero-order chi connectivity index (χ0) is 21.8. The minimum Gasteiger partial charge on any atom is -0.392 e. The van der Waals surface area contributed by atoms with Crippen LogP contribution in [-0.2, 0) is 24.2 Å². The quantitative estimate of drug-likeness (QED) is 0.414. The van der Waals surface area contributed by atoms with Crippen molar-refractivity contribution >= 4 is 21.5 Å². The smallest absolute Gasteiger partial charge is 0.264 e. The van der Waals surface area contributed by atoms with Crippen molar-refractivity contribution in [2.45, 2.75) is 43.5 Å². The number of amides is 1. The predicted octanol–water partition coefficient (Wildman–Crippen LogP) is 1.66. The summed E-state index contributed by atoms with van der Waals surface area (Å²) in [5.74, 6) is 5.86. The van der Waals surface area contributed by atoms with Crippen LogP contribution >= 0.6 is 0 Å². The van der Waals surface area contributed by atoms with Crippen LogP contribution in [0.25, 0.3) is 0 Å². The lowest BCUT2D eigenvalue weighted by molar-refractivity contribution is -0.132. The molecule has 2 heterocycles. The van der Waals surface area contributed by atoms with E-state index in [0.717, 1.165) is 43.4 Å². The fourth-order valence-corrected chi connectivity index (χ4v) is 4.32. The largest absolute Gasteiger partial charge is 0.392 e. The van der Waals surface area contributed by atoms with Gasteiger partial charge in [-0.1, -0.05) is 29.1 Å². The van der Waals surface area contributed by atoms with Crippen LogP contribution in [0.5, 0.6) is 0 Å². The Bertz CT molecular complexity index is 971. The molecule has 2 atom stereocenters. The van der Waals surface area contributed by atoms with Crippen molar-refractivity contribution in [2.24, 2.45) is 11.1 Å². The van der Waals surface area contributed by atoms with Gasteiger partial charge in [-0.05, 0) is 37.5 Å². The second kappa shape index (κ2) is 9.16. The summed E-state index contributed by atoms with van der Waals surface area (Å²) < 4.78 is 27.8. The number of ether oxygens (including phenoxy) is 1. The normalized spacial score (nSPS) is 21.6. The van der Waals surface area contributed by atoms with E-state index in [9.17, 15) is 13.2 Å². The Morgan fingerprint density at radius 1 is 1.30 bits per heavy atom. The minimum atomic E-state index is -3.79. The molecule has 2 N–H and O–H groups in total. The molecule has 162 valence electrons. The number of hydrogen-bond donors (Lipinski definition) is 2. The van der Waals surface area contributed by atoms with Crippen LogP contribution in [0, 0.1) is 17.8 Å². The van der Waals surface area contributed by atoms with E-state index in [0.29, 0.717) is 18.1 Å². The molecule has 1 amide bonds. The first-order valence-corrected chi connectivity index (χ1v) is 11.7. The number of hydrogen-bond acceptors (Lipinski definition) is 7. The summed E-state index contributed by atoms with van der Waals surface area (Å²) in [7, 11) is -3.79. The first-order valence-electron chi connectivity index (χ1n) is 9.79. The number of benzene rings is 1. The van der Waals surface area contributed by atoms with E-state index in [2.05, 4.69) is 17.0 Å². The zero-order valence-corrected chi connectivity index (χ0v) is 17.9. The van der Waals surface area contributed by atoms with Crippen LogP contribution < -0.4 is 5.48 Å². The summed E-state index contributed by atoms with van der Waals surface area (Å²) in [6.45, 7) is 2.79. The standard InChI is InChI=1S/C21H26N2O6S/c1-21(20(24)22-25,30(2,26)27)14-18-13-19(23-29-18)17-7-5-15(6-8-17)3-4-16-9-11-28-12-10-16/h5-8,16,18,25H,9-14H2,1-2H3,(H,22,24). The fraction of sp³-hybridized carbons (Fsp3) is 0.524. The van der Waals surface area contributed by atoms with Gasteiger partial charge in [-0.15, -0.1) is 0 Å². The van der Waals surface area contributed by atoms with E-state index in [1.54, 1.807) is 0 Å². The molecule has 8 nitrogen and oxygen atoms in total. The Morgan fingerprint density at radius 2 is 1.97 bits per heavy atom. The Balaban J connectivity index is 1.63. The summed E-state index contributed by atoms with van der Waals surface area (Å²) in [5, 5.41) is 13.0. The van der Waals surface area contributed by atoms with Gasteiger partial charge >= 0.3 is 0 Å². The minimum absolute atomic E-state index is 0.125. The number of rotatable bonds is 5. The summed E-state index contributed by atoms with van der Waals surface area (Å²) in [5.41, 5.74) is 3.87. The first-order chi connectivity index (χ1) is 14.2. The van der Waals surface area contributed by atoms with Gasteiger partial charge in [-0.3, -0.25) is 10.0 Å². The molecule has 9 heteroatoms. The topological polar surface area (TPSA) is 114 Å². The molecular weight excluding hydrogens is 408 g/mol. The third-order valence-electron chi connectivity index (χ3n) is 5.61. The van der Waals surface area contributed by atoms with E-state index in [4.69, 9.17) is 14.8 Å². The van der Waals surface area contributed by atoms with Gasteiger partial charge in [-0.2, -0.15) is 0 Å². The SMILES string of the molecule is CC(CC1CC(c2ccc(C#CC3CCOCC3)cc2)=NO1)(C(=O)NO)S(C)(=O)=O. The Labute approximate surface area is 176 Å². The van der Waals surface area contributed by atoms with E-state index >= 15 is 0 Å². The number of hydroxylamine groups is 1. The molecule has 1 saturated heterocycles. The molecule has 30 heavy (non-hydrogen) atoms. The van der Waals surface area contributed by atoms with Crippen LogP contribution in [0.3, 0.4) is 0 Å². The summed E-state index contributed by atoms with van der Waals surface area (Å²) in [4.78, 5) is 17.4. The molecule has 2 unspecified atom stereocenters. The monoisotopic (exact) mass is 434 g/mol. The lowest BCUT2D eigenvalue weighted by Crippen LogP contribution is -2.51. The second-order valence-corrected chi connectivity index (χ2v) is 10.3. The molecule has 0 saturated carbocycles. The van der Waals surface area contributed by atoms with Gasteiger partial charge in [0.25, 0.3) is 5.91 Å². The van der Waals surface area contributed by atoms with Crippen molar-refractivity contribution in [3.8, 4) is 11.8 Å². The number of carbonyl (C=O) groups excluding carboxylic acids is 1. The average molecular weight is 435 g/mol. The summed E-state index contributed by atoms with van der Waals surface area (Å²) >= 11 is 0. The maximum atomic E-state index is 12.1. The highest BCUT2D eigenvalue weighted by Crippen LogP contribution is 2.29. The molecule has 1 fully saturated rings. The number of nitrogens with zero attached hydrogens (tertiary/aromatic N) is 1. The average Bonchev–Trinajstić information content (AvgIpc) is 3.20. The number of carbonyl (C=O) groups is 1. The van der Waals surface area contributed by atoms with E-state index in [1.165, 1.54) is 12.4 Å². The van der Waals surface area contributed by atoms with Gasteiger partial charge in [0.15, 0.2) is 14.6 Å². The van der Waals surface area contributed by atoms with Crippen LogP contribution in [0.15, 0.2) is 29.4 Å². The van der Waals surface area contributed by atoms with E-state index < -0.39 is 26.6 Å². The van der Waals surface area contributed by atoms with Crippen molar-refractivity contribution < 1.29 is 28.0 Å². The highest BCUT2D eigenvalue weighted by atomic mass is 32.2. The number of nitrogens with one attached hydrogen (secondary N) is 1. The lowest BCUT2D eigenvalue weighted by atomic mass is 9.96. The molecule has 0 radical (unpaired) electrons. The number of oxime groups is 1. The summed E-state index contributed by atoms with van der Waals surface area (Å²) in [6.07, 6.45) is 2.52. The Morgan fingerprint density at radius 3 is 2.57 bits per heavy atom. The molecular formula is C21H26N2O6S. The summed E-state index contributed by atoms with van der Waals surface area (Å²) in [6, 6.07) is 7.62. The van der Waals surface area contributed by atoms with Crippen molar-refractivity contribution in [3.05, 3.63) is 35.4 Å². The molecule has 2 aliphatic rings. The molecule has 2 aliphatic heterocycles. The molecule has 0 aliphatic carbocycles. The van der Waals surface area contributed by atoms with Crippen molar-refractivity contribution in [1.29, 1.82) is 0 Å². The molecule has 0 aromatic heterocycles. The third kappa shape index (κ3) is 5.01. The van der Waals surface area contributed by atoms with Gasteiger partial charge in [-0.25, -0.2) is 13.9 Å². The first kappa shape index (κ1) is 22.3. The Hall–Kier alpha value is -2.41. The van der Waals surface area contributed by atoms with E-state index in [1.807, 2.05) is 24.3 Å². The second-order valence-electron chi connectivity index (χ2n) is 7.85. The van der Waals surface area contributed by atoms with Crippen molar-refractivity contribution in [1.82, 2.24) is 5.48 Å². The molecule has 0 bridgehead atoms. The molecule has 1 aromatic rings. The van der Waals surface area contributed by atoms with Gasteiger partial charge in [0.05, 0.1) is 5.71 Å². The third-order valence-corrected chi connectivity index (χ3v) is 7.60.